The van der Waals surface area contributed by atoms with Gasteiger partial charge >= 0.3 is 0 Å². The number of benzene rings is 1. The normalized spacial score (nSPS) is 28.8. The zero-order chi connectivity index (χ0) is 14.8. The summed E-state index contributed by atoms with van der Waals surface area (Å²) in [6.45, 7) is 0. The van der Waals surface area contributed by atoms with Gasteiger partial charge in [0.1, 0.15) is 5.82 Å². The number of rotatable bonds is 2. The maximum atomic E-state index is 13.8. The number of amides is 1. The summed E-state index contributed by atoms with van der Waals surface area (Å²) in [6, 6.07) is 4.74. The van der Waals surface area contributed by atoms with Gasteiger partial charge in [-0.3, -0.25) is 4.79 Å². The molecule has 2 nitrogen and oxygen atoms in total. The van der Waals surface area contributed by atoms with E-state index in [0.717, 1.165) is 25.2 Å². The maximum Gasteiger partial charge on any atom is 0.227 e. The van der Waals surface area contributed by atoms with Crippen LogP contribution in [-0.4, -0.2) is 5.91 Å². The highest BCUT2D eigenvalue weighted by Crippen LogP contribution is 2.42. The summed E-state index contributed by atoms with van der Waals surface area (Å²) < 4.78 is 14.5. The molecule has 0 saturated heterocycles. The molecule has 2 fully saturated rings. The Hall–Kier alpha value is -0.900. The molecule has 0 spiro atoms. The van der Waals surface area contributed by atoms with Crippen molar-refractivity contribution >= 4 is 27.5 Å². The highest BCUT2D eigenvalue weighted by molar-refractivity contribution is 9.10. The zero-order valence-corrected chi connectivity index (χ0v) is 13.7. The van der Waals surface area contributed by atoms with Crippen LogP contribution >= 0.6 is 15.9 Å². The van der Waals surface area contributed by atoms with Crippen LogP contribution < -0.4 is 5.32 Å². The van der Waals surface area contributed by atoms with Crippen molar-refractivity contribution in [2.24, 2.45) is 17.8 Å². The van der Waals surface area contributed by atoms with E-state index in [4.69, 9.17) is 0 Å². The fourth-order valence-electron chi connectivity index (χ4n) is 3.94. The van der Waals surface area contributed by atoms with E-state index < -0.39 is 0 Å². The number of nitrogens with one attached hydrogen (secondary N) is 1. The van der Waals surface area contributed by atoms with Crippen LogP contribution in [0, 0.1) is 23.6 Å². The Labute approximate surface area is 133 Å². The molecule has 0 aromatic heterocycles. The minimum absolute atomic E-state index is 0.0137. The summed E-state index contributed by atoms with van der Waals surface area (Å²) in [7, 11) is 0. The van der Waals surface area contributed by atoms with Crippen LogP contribution in [0.2, 0.25) is 0 Å². The van der Waals surface area contributed by atoms with Gasteiger partial charge in [-0.15, -0.1) is 0 Å². The van der Waals surface area contributed by atoms with Gasteiger partial charge in [-0.1, -0.05) is 41.6 Å². The number of carbonyl (C=O) groups excluding carboxylic acids is 1. The Bertz CT molecular complexity index is 534. The molecule has 0 heterocycles. The van der Waals surface area contributed by atoms with Crippen LogP contribution in [0.3, 0.4) is 0 Å². The Balaban J connectivity index is 1.63. The molecule has 3 atom stereocenters. The van der Waals surface area contributed by atoms with Crippen molar-refractivity contribution in [1.29, 1.82) is 0 Å². The van der Waals surface area contributed by atoms with E-state index in [-0.39, 0.29) is 23.3 Å². The molecule has 2 saturated carbocycles. The summed E-state index contributed by atoms with van der Waals surface area (Å²) in [4.78, 5) is 12.4. The molecule has 0 aliphatic heterocycles. The fraction of sp³-hybridized carbons (Fsp3) is 0.588. The third-order valence-corrected chi connectivity index (χ3v) is 5.59. The van der Waals surface area contributed by atoms with Gasteiger partial charge in [-0.05, 0) is 49.3 Å². The molecule has 114 valence electrons. The molecule has 1 aromatic carbocycles. The van der Waals surface area contributed by atoms with Gasteiger partial charge in [0.25, 0.3) is 0 Å². The molecule has 3 unspecified atom stereocenters. The average Bonchev–Trinajstić information content (AvgIpc) is 2.49. The quantitative estimate of drug-likeness (QED) is 0.783. The van der Waals surface area contributed by atoms with Crippen LogP contribution in [0.15, 0.2) is 22.7 Å². The van der Waals surface area contributed by atoms with Crippen LogP contribution in [0.4, 0.5) is 10.1 Å². The van der Waals surface area contributed by atoms with Crippen molar-refractivity contribution < 1.29 is 9.18 Å². The lowest BCUT2D eigenvalue weighted by molar-refractivity contribution is -0.122. The second-order valence-electron chi connectivity index (χ2n) is 6.43. The van der Waals surface area contributed by atoms with Gasteiger partial charge < -0.3 is 5.32 Å². The molecule has 21 heavy (non-hydrogen) atoms. The molecule has 2 aliphatic rings. The molecule has 0 radical (unpaired) electrons. The summed E-state index contributed by atoms with van der Waals surface area (Å²) in [5, 5.41) is 2.77. The lowest BCUT2D eigenvalue weighted by Crippen LogP contribution is -2.34. The first-order valence-electron chi connectivity index (χ1n) is 7.89. The first kappa shape index (κ1) is 15.0. The predicted molar refractivity (Wildman–Crippen MR) is 85.5 cm³/mol. The van der Waals surface area contributed by atoms with Crippen molar-refractivity contribution in [2.75, 3.05) is 5.32 Å². The number of hydrogen-bond acceptors (Lipinski definition) is 1. The Morgan fingerprint density at radius 1 is 1.14 bits per heavy atom. The number of hydrogen-bond donors (Lipinski definition) is 1. The fourth-order valence-corrected chi connectivity index (χ4v) is 4.27. The molecule has 4 heteroatoms. The van der Waals surface area contributed by atoms with E-state index in [2.05, 4.69) is 21.2 Å². The second-order valence-corrected chi connectivity index (χ2v) is 7.34. The highest BCUT2D eigenvalue weighted by Gasteiger charge is 2.35. The molecular weight excluding hydrogens is 333 g/mol. The van der Waals surface area contributed by atoms with Gasteiger partial charge in [-0.25, -0.2) is 4.39 Å². The average molecular weight is 354 g/mol. The predicted octanol–water partition coefficient (Wildman–Crippen LogP) is 5.13. The van der Waals surface area contributed by atoms with Crippen LogP contribution in [0.25, 0.3) is 0 Å². The SMILES string of the molecule is O=C(Nc1ccc(Br)cc1F)C1CCC2CCCCC2C1. The van der Waals surface area contributed by atoms with Gasteiger partial charge in [0, 0.05) is 10.4 Å². The first-order chi connectivity index (χ1) is 10.1. The minimum Gasteiger partial charge on any atom is -0.323 e. The number of halogens is 2. The number of anilines is 1. The topological polar surface area (TPSA) is 29.1 Å². The molecular formula is C17H21BrFNO. The molecule has 3 rings (SSSR count). The van der Waals surface area contributed by atoms with Crippen molar-refractivity contribution in [3.05, 3.63) is 28.5 Å². The van der Waals surface area contributed by atoms with E-state index >= 15 is 0 Å². The highest BCUT2D eigenvalue weighted by atomic mass is 79.9. The Morgan fingerprint density at radius 3 is 2.67 bits per heavy atom. The van der Waals surface area contributed by atoms with E-state index in [9.17, 15) is 9.18 Å². The Kier molecular flexibility index (Phi) is 4.63. The lowest BCUT2D eigenvalue weighted by atomic mass is 9.67. The summed E-state index contributed by atoms with van der Waals surface area (Å²) in [5.41, 5.74) is 0.286. The minimum atomic E-state index is -0.385. The van der Waals surface area contributed by atoms with Crippen molar-refractivity contribution in [3.63, 3.8) is 0 Å². The summed E-state index contributed by atoms with van der Waals surface area (Å²) in [5.74, 6) is 1.18. The van der Waals surface area contributed by atoms with Gasteiger partial charge in [-0.2, -0.15) is 0 Å². The van der Waals surface area contributed by atoms with Crippen molar-refractivity contribution in [2.45, 2.75) is 44.9 Å². The second kappa shape index (κ2) is 6.47. The van der Waals surface area contributed by atoms with E-state index in [1.807, 2.05) is 0 Å². The lowest BCUT2D eigenvalue weighted by Gasteiger charge is -2.38. The van der Waals surface area contributed by atoms with E-state index in [1.54, 1.807) is 12.1 Å². The van der Waals surface area contributed by atoms with Gasteiger partial charge in [0.05, 0.1) is 5.69 Å². The number of carbonyl (C=O) groups is 1. The molecule has 2 aliphatic carbocycles. The standard InChI is InChI=1S/C17H21BrFNO/c18-14-7-8-16(15(19)10-14)20-17(21)13-6-5-11-3-1-2-4-12(11)9-13/h7-8,10-13H,1-6,9H2,(H,20,21). The molecule has 1 amide bonds. The monoisotopic (exact) mass is 353 g/mol. The molecule has 0 bridgehead atoms. The van der Waals surface area contributed by atoms with Crippen LogP contribution in [0.5, 0.6) is 0 Å². The summed E-state index contributed by atoms with van der Waals surface area (Å²) in [6.07, 6.45) is 8.34. The molecule has 1 aromatic rings. The van der Waals surface area contributed by atoms with E-state index in [0.29, 0.717) is 10.4 Å². The van der Waals surface area contributed by atoms with Crippen LogP contribution in [-0.2, 0) is 4.79 Å². The largest absolute Gasteiger partial charge is 0.323 e. The maximum absolute atomic E-state index is 13.8. The van der Waals surface area contributed by atoms with Crippen molar-refractivity contribution in [3.8, 4) is 0 Å². The van der Waals surface area contributed by atoms with Crippen LogP contribution in [0.1, 0.15) is 44.9 Å². The zero-order valence-electron chi connectivity index (χ0n) is 12.1. The first-order valence-corrected chi connectivity index (χ1v) is 8.68. The third-order valence-electron chi connectivity index (χ3n) is 5.10. The Morgan fingerprint density at radius 2 is 1.90 bits per heavy atom. The summed E-state index contributed by atoms with van der Waals surface area (Å²) >= 11 is 3.22. The van der Waals surface area contributed by atoms with Crippen molar-refractivity contribution in [1.82, 2.24) is 0 Å². The van der Waals surface area contributed by atoms with E-state index in [1.165, 1.54) is 31.7 Å². The molecule has 1 N–H and O–H groups in total. The number of fused-ring (bicyclic) bond motifs is 1. The smallest absolute Gasteiger partial charge is 0.227 e. The third kappa shape index (κ3) is 3.47. The van der Waals surface area contributed by atoms with Gasteiger partial charge in [0.2, 0.25) is 5.91 Å². The van der Waals surface area contributed by atoms with Gasteiger partial charge in [0.15, 0.2) is 0 Å².